The minimum Gasteiger partial charge on any atom is -0.312 e. The first kappa shape index (κ1) is 11.0. The van der Waals surface area contributed by atoms with Crippen molar-refractivity contribution in [2.45, 2.75) is 40.2 Å². The smallest absolute Gasteiger partial charge is 0.0167 e. The molecule has 0 amide bonds. The maximum Gasteiger partial charge on any atom is 0.0167 e. The molecule has 13 heavy (non-hydrogen) atoms. The van der Waals surface area contributed by atoms with Crippen molar-refractivity contribution in [1.82, 2.24) is 10.2 Å². The fourth-order valence-corrected chi connectivity index (χ4v) is 1.87. The molecule has 78 valence electrons. The summed E-state index contributed by atoms with van der Waals surface area (Å²) in [6.45, 7) is 14.1. The molecule has 1 aliphatic heterocycles. The summed E-state index contributed by atoms with van der Waals surface area (Å²) >= 11 is 0. The molecule has 0 unspecified atom stereocenters. The van der Waals surface area contributed by atoms with E-state index in [0.717, 1.165) is 6.54 Å². The molecular formula is C11H24N2. The second-order valence-corrected chi connectivity index (χ2v) is 5.11. The van der Waals surface area contributed by atoms with Crippen LogP contribution in [0.5, 0.6) is 0 Å². The van der Waals surface area contributed by atoms with E-state index < -0.39 is 0 Å². The Morgan fingerprint density at radius 1 is 1.46 bits per heavy atom. The van der Waals surface area contributed by atoms with E-state index in [-0.39, 0.29) is 0 Å². The summed E-state index contributed by atoms with van der Waals surface area (Å²) in [4.78, 5) is 2.59. The molecule has 0 aliphatic carbocycles. The molecule has 2 nitrogen and oxygen atoms in total. The van der Waals surface area contributed by atoms with E-state index in [0.29, 0.717) is 11.5 Å². The molecule has 1 rings (SSSR count). The molecule has 1 N–H and O–H groups in total. The van der Waals surface area contributed by atoms with E-state index in [1.807, 2.05) is 0 Å². The summed E-state index contributed by atoms with van der Waals surface area (Å²) in [5, 5.41) is 3.47. The second-order valence-electron chi connectivity index (χ2n) is 5.11. The lowest BCUT2D eigenvalue weighted by Gasteiger charge is -2.37. The van der Waals surface area contributed by atoms with Crippen LogP contribution < -0.4 is 5.32 Å². The third-order valence-electron chi connectivity index (χ3n) is 3.06. The van der Waals surface area contributed by atoms with E-state index in [9.17, 15) is 0 Å². The zero-order valence-electron chi connectivity index (χ0n) is 9.56. The van der Waals surface area contributed by atoms with Gasteiger partial charge in [0, 0.05) is 32.2 Å². The molecule has 2 heteroatoms. The third-order valence-corrected chi connectivity index (χ3v) is 3.06. The number of piperazine rings is 1. The number of nitrogens with zero attached hydrogens (tertiary/aromatic N) is 1. The fourth-order valence-electron chi connectivity index (χ4n) is 1.87. The van der Waals surface area contributed by atoms with Gasteiger partial charge >= 0.3 is 0 Å². The highest BCUT2D eigenvalue weighted by atomic mass is 15.2. The molecular weight excluding hydrogens is 160 g/mol. The van der Waals surface area contributed by atoms with Crippen molar-refractivity contribution in [3.8, 4) is 0 Å². The first-order chi connectivity index (χ1) is 6.03. The minimum absolute atomic E-state index is 0.483. The molecule has 0 saturated carbocycles. The van der Waals surface area contributed by atoms with Crippen LogP contribution in [0.25, 0.3) is 0 Å². The minimum atomic E-state index is 0.483. The summed E-state index contributed by atoms with van der Waals surface area (Å²) in [6, 6.07) is 0.668. The van der Waals surface area contributed by atoms with E-state index in [4.69, 9.17) is 0 Å². The van der Waals surface area contributed by atoms with Crippen LogP contribution in [-0.2, 0) is 0 Å². The zero-order valence-corrected chi connectivity index (χ0v) is 9.56. The Kier molecular flexibility index (Phi) is 3.74. The van der Waals surface area contributed by atoms with Gasteiger partial charge < -0.3 is 10.2 Å². The van der Waals surface area contributed by atoms with Crippen molar-refractivity contribution < 1.29 is 0 Å². The molecule has 1 aliphatic rings. The van der Waals surface area contributed by atoms with Crippen LogP contribution >= 0.6 is 0 Å². The predicted octanol–water partition coefficient (Wildman–Crippen LogP) is 1.72. The van der Waals surface area contributed by atoms with Crippen molar-refractivity contribution in [3.05, 3.63) is 0 Å². The van der Waals surface area contributed by atoms with Gasteiger partial charge in [0.05, 0.1) is 0 Å². The third kappa shape index (κ3) is 3.65. The van der Waals surface area contributed by atoms with Crippen LogP contribution in [0.1, 0.15) is 34.1 Å². The van der Waals surface area contributed by atoms with Gasteiger partial charge in [-0.15, -0.1) is 0 Å². The number of nitrogens with one attached hydrogen (secondary N) is 1. The van der Waals surface area contributed by atoms with Gasteiger partial charge in [-0.05, 0) is 18.8 Å². The van der Waals surface area contributed by atoms with Crippen LogP contribution in [0.15, 0.2) is 0 Å². The van der Waals surface area contributed by atoms with Crippen LogP contribution in [0.2, 0.25) is 0 Å². The normalized spacial score (nSPS) is 26.3. The molecule has 1 fully saturated rings. The summed E-state index contributed by atoms with van der Waals surface area (Å²) in [5.74, 6) is 0. The second kappa shape index (κ2) is 4.43. The Morgan fingerprint density at radius 2 is 2.15 bits per heavy atom. The van der Waals surface area contributed by atoms with Gasteiger partial charge in [-0.1, -0.05) is 20.8 Å². The first-order valence-electron chi connectivity index (χ1n) is 5.49. The summed E-state index contributed by atoms with van der Waals surface area (Å²) in [7, 11) is 0. The number of hydrogen-bond acceptors (Lipinski definition) is 2. The molecule has 0 aromatic heterocycles. The Morgan fingerprint density at radius 3 is 2.69 bits per heavy atom. The molecule has 0 radical (unpaired) electrons. The fraction of sp³-hybridized carbons (Fsp3) is 1.00. The SMILES string of the molecule is CCC(C)(C)CN1CCN[C@H](C)C1. The van der Waals surface area contributed by atoms with Crippen molar-refractivity contribution in [2.75, 3.05) is 26.2 Å². The van der Waals surface area contributed by atoms with E-state index in [2.05, 4.69) is 37.9 Å². The van der Waals surface area contributed by atoms with Crippen LogP contribution in [0, 0.1) is 5.41 Å². The Balaban J connectivity index is 2.35. The Hall–Kier alpha value is -0.0800. The quantitative estimate of drug-likeness (QED) is 0.718. The molecule has 0 aromatic carbocycles. The van der Waals surface area contributed by atoms with Gasteiger partial charge in [0.25, 0.3) is 0 Å². The summed E-state index contributed by atoms with van der Waals surface area (Å²) < 4.78 is 0. The van der Waals surface area contributed by atoms with Crippen molar-refractivity contribution in [3.63, 3.8) is 0 Å². The highest BCUT2D eigenvalue weighted by Crippen LogP contribution is 2.21. The van der Waals surface area contributed by atoms with Crippen molar-refractivity contribution in [2.24, 2.45) is 5.41 Å². The Labute approximate surface area is 82.7 Å². The summed E-state index contributed by atoms with van der Waals surface area (Å²) in [5.41, 5.74) is 0.483. The largest absolute Gasteiger partial charge is 0.312 e. The topological polar surface area (TPSA) is 15.3 Å². The standard InChI is InChI=1S/C11H24N2/c1-5-11(3,4)9-13-7-6-12-10(2)8-13/h10,12H,5-9H2,1-4H3/t10-/m1/s1. The molecule has 1 atom stereocenters. The average molecular weight is 184 g/mol. The molecule has 0 bridgehead atoms. The van der Waals surface area contributed by atoms with Crippen LogP contribution in [-0.4, -0.2) is 37.1 Å². The van der Waals surface area contributed by atoms with Gasteiger partial charge in [0.2, 0.25) is 0 Å². The maximum absolute atomic E-state index is 3.47. The molecule has 0 spiro atoms. The van der Waals surface area contributed by atoms with Crippen molar-refractivity contribution >= 4 is 0 Å². The van der Waals surface area contributed by atoms with Gasteiger partial charge in [0.15, 0.2) is 0 Å². The maximum atomic E-state index is 3.47. The zero-order chi connectivity index (χ0) is 9.90. The monoisotopic (exact) mass is 184 g/mol. The van der Waals surface area contributed by atoms with Crippen LogP contribution in [0.3, 0.4) is 0 Å². The first-order valence-corrected chi connectivity index (χ1v) is 5.49. The molecule has 1 heterocycles. The van der Waals surface area contributed by atoms with Gasteiger partial charge in [-0.25, -0.2) is 0 Å². The summed E-state index contributed by atoms with van der Waals surface area (Å²) in [6.07, 6.45) is 1.27. The van der Waals surface area contributed by atoms with Gasteiger partial charge in [0.1, 0.15) is 0 Å². The van der Waals surface area contributed by atoms with Gasteiger partial charge in [-0.2, -0.15) is 0 Å². The highest BCUT2D eigenvalue weighted by Gasteiger charge is 2.22. The highest BCUT2D eigenvalue weighted by molar-refractivity contribution is 4.79. The van der Waals surface area contributed by atoms with E-state index >= 15 is 0 Å². The number of hydrogen-bond donors (Lipinski definition) is 1. The average Bonchev–Trinajstić information content (AvgIpc) is 2.03. The van der Waals surface area contributed by atoms with Crippen molar-refractivity contribution in [1.29, 1.82) is 0 Å². The number of rotatable bonds is 3. The van der Waals surface area contributed by atoms with E-state index in [1.165, 1.54) is 26.1 Å². The van der Waals surface area contributed by atoms with Crippen LogP contribution in [0.4, 0.5) is 0 Å². The van der Waals surface area contributed by atoms with E-state index in [1.54, 1.807) is 0 Å². The lowest BCUT2D eigenvalue weighted by Crippen LogP contribution is -2.51. The lowest BCUT2D eigenvalue weighted by atomic mass is 9.89. The lowest BCUT2D eigenvalue weighted by molar-refractivity contribution is 0.138. The molecule has 0 aromatic rings. The predicted molar refractivity (Wildman–Crippen MR) is 58.0 cm³/mol. The Bertz CT molecular complexity index is 154. The molecule has 1 saturated heterocycles. The van der Waals surface area contributed by atoms with Gasteiger partial charge in [-0.3, -0.25) is 0 Å².